The summed E-state index contributed by atoms with van der Waals surface area (Å²) in [6.07, 6.45) is 1.01. The summed E-state index contributed by atoms with van der Waals surface area (Å²) in [5.41, 5.74) is 1.81. The fourth-order valence-corrected chi connectivity index (χ4v) is 3.95. The molecule has 9 nitrogen and oxygen atoms in total. The Labute approximate surface area is 183 Å². The van der Waals surface area contributed by atoms with Crippen LogP contribution in [0.15, 0.2) is 29.5 Å². The summed E-state index contributed by atoms with van der Waals surface area (Å²) in [6.45, 7) is 6.08. The third kappa shape index (κ3) is 5.11. The minimum Gasteiger partial charge on any atom is -0.493 e. The Morgan fingerprint density at radius 1 is 1.16 bits per heavy atom. The van der Waals surface area contributed by atoms with Crippen molar-refractivity contribution in [2.24, 2.45) is 0 Å². The van der Waals surface area contributed by atoms with E-state index in [1.807, 2.05) is 6.07 Å². The average Bonchev–Trinajstić information content (AvgIpc) is 3.05. The van der Waals surface area contributed by atoms with E-state index in [0.29, 0.717) is 29.3 Å². The van der Waals surface area contributed by atoms with Crippen LogP contribution >= 0.6 is 0 Å². The van der Waals surface area contributed by atoms with Crippen LogP contribution in [0.25, 0.3) is 0 Å². The smallest absolute Gasteiger partial charge is 0.338 e. The Morgan fingerprint density at radius 2 is 1.94 bits per heavy atom. The molecule has 2 aliphatic heterocycles. The summed E-state index contributed by atoms with van der Waals surface area (Å²) in [7, 11) is 4.80. The molecule has 3 rings (SSSR count). The van der Waals surface area contributed by atoms with Crippen molar-refractivity contribution in [3.8, 4) is 11.5 Å². The van der Waals surface area contributed by atoms with E-state index in [2.05, 4.69) is 15.5 Å². The lowest BCUT2D eigenvalue weighted by Crippen LogP contribution is -2.49. The number of carbonyl (C=O) groups excluding carboxylic acids is 2. The first-order chi connectivity index (χ1) is 15.0. The molecule has 0 saturated carbocycles. The Hall–Kier alpha value is -2.78. The second-order valence-electron chi connectivity index (χ2n) is 7.52. The van der Waals surface area contributed by atoms with Crippen molar-refractivity contribution >= 4 is 12.0 Å². The number of amides is 2. The van der Waals surface area contributed by atoms with E-state index >= 15 is 0 Å². The van der Waals surface area contributed by atoms with Crippen molar-refractivity contribution in [1.82, 2.24) is 20.4 Å². The highest BCUT2D eigenvalue weighted by atomic mass is 16.5. The van der Waals surface area contributed by atoms with Gasteiger partial charge in [0.25, 0.3) is 0 Å². The van der Waals surface area contributed by atoms with E-state index in [-0.39, 0.29) is 12.6 Å². The van der Waals surface area contributed by atoms with Crippen LogP contribution in [0.5, 0.6) is 11.5 Å². The lowest BCUT2D eigenvalue weighted by atomic mass is 9.94. The van der Waals surface area contributed by atoms with Gasteiger partial charge in [-0.25, -0.2) is 9.59 Å². The van der Waals surface area contributed by atoms with E-state index in [1.165, 1.54) is 4.90 Å². The number of benzene rings is 1. The van der Waals surface area contributed by atoms with E-state index in [0.717, 1.165) is 38.2 Å². The SMILES string of the molecule is CCOC(=O)C1=C(CN2CCCNCC2)N(C)C(=O)NC1c1ccc(OC)c(OC)c1. The molecule has 2 N–H and O–H groups in total. The second-order valence-corrected chi connectivity index (χ2v) is 7.52. The molecule has 2 heterocycles. The highest BCUT2D eigenvalue weighted by Crippen LogP contribution is 2.36. The maximum absolute atomic E-state index is 13.1. The summed E-state index contributed by atoms with van der Waals surface area (Å²) in [6, 6.07) is 4.45. The molecule has 0 aliphatic carbocycles. The fraction of sp³-hybridized carbons (Fsp3) is 0.545. The molecule has 1 aromatic rings. The molecular weight excluding hydrogens is 400 g/mol. The molecule has 170 valence electrons. The van der Waals surface area contributed by atoms with Crippen LogP contribution in [0, 0.1) is 0 Å². The standard InChI is InChI=1S/C22H32N4O5/c1-5-31-21(27)19-16(14-26-11-6-9-23-10-12-26)25(2)22(28)24-20(19)15-7-8-17(29-3)18(13-15)30-4/h7-8,13,20,23H,5-6,9-12,14H2,1-4H3,(H,24,28). The molecule has 1 aromatic carbocycles. The molecule has 0 aromatic heterocycles. The predicted molar refractivity (Wildman–Crippen MR) is 116 cm³/mol. The van der Waals surface area contributed by atoms with Gasteiger partial charge in [0.05, 0.1) is 32.4 Å². The molecule has 0 spiro atoms. The molecule has 0 radical (unpaired) electrons. The fourth-order valence-electron chi connectivity index (χ4n) is 3.95. The van der Waals surface area contributed by atoms with Gasteiger partial charge in [0.1, 0.15) is 0 Å². The van der Waals surface area contributed by atoms with Gasteiger partial charge in [-0.05, 0) is 44.1 Å². The average molecular weight is 433 g/mol. The second kappa shape index (κ2) is 10.5. The van der Waals surface area contributed by atoms with Crippen molar-refractivity contribution in [2.75, 3.05) is 60.6 Å². The van der Waals surface area contributed by atoms with Gasteiger partial charge < -0.3 is 24.8 Å². The van der Waals surface area contributed by atoms with Crippen molar-refractivity contribution in [2.45, 2.75) is 19.4 Å². The highest BCUT2D eigenvalue weighted by Gasteiger charge is 2.37. The van der Waals surface area contributed by atoms with Gasteiger partial charge in [-0.3, -0.25) is 9.80 Å². The molecular formula is C22H32N4O5. The Kier molecular flexibility index (Phi) is 7.75. The zero-order valence-corrected chi connectivity index (χ0v) is 18.7. The summed E-state index contributed by atoms with van der Waals surface area (Å²) in [4.78, 5) is 29.7. The molecule has 1 saturated heterocycles. The van der Waals surface area contributed by atoms with E-state index in [4.69, 9.17) is 14.2 Å². The molecule has 0 bridgehead atoms. The lowest BCUT2D eigenvalue weighted by molar-refractivity contribution is -0.139. The number of nitrogens with one attached hydrogen (secondary N) is 2. The zero-order valence-electron chi connectivity index (χ0n) is 18.7. The van der Waals surface area contributed by atoms with Crippen LogP contribution in [0.3, 0.4) is 0 Å². The number of esters is 1. The molecule has 1 atom stereocenters. The first-order valence-electron chi connectivity index (χ1n) is 10.6. The summed E-state index contributed by atoms with van der Waals surface area (Å²) in [5, 5.41) is 6.32. The van der Waals surface area contributed by atoms with Crippen LogP contribution in [0.1, 0.15) is 24.9 Å². The molecule has 1 unspecified atom stereocenters. The molecule has 2 amide bonds. The minimum atomic E-state index is -0.650. The third-order valence-corrected chi connectivity index (χ3v) is 5.62. The van der Waals surface area contributed by atoms with Crippen LogP contribution < -0.4 is 20.1 Å². The predicted octanol–water partition coefficient (Wildman–Crippen LogP) is 1.51. The van der Waals surface area contributed by atoms with Gasteiger partial charge in [-0.15, -0.1) is 0 Å². The number of likely N-dealkylation sites (N-methyl/N-ethyl adjacent to an activating group) is 1. The van der Waals surface area contributed by atoms with Crippen LogP contribution in [0.2, 0.25) is 0 Å². The van der Waals surface area contributed by atoms with Crippen molar-refractivity contribution in [3.05, 3.63) is 35.0 Å². The Morgan fingerprint density at radius 3 is 2.65 bits per heavy atom. The number of carbonyl (C=O) groups is 2. The number of ether oxygens (including phenoxy) is 3. The molecule has 2 aliphatic rings. The van der Waals surface area contributed by atoms with Gasteiger partial charge in [0.15, 0.2) is 11.5 Å². The van der Waals surface area contributed by atoms with Crippen LogP contribution in [0.4, 0.5) is 4.79 Å². The quantitative estimate of drug-likeness (QED) is 0.631. The summed E-state index contributed by atoms with van der Waals surface area (Å²) < 4.78 is 16.2. The van der Waals surface area contributed by atoms with Crippen LogP contribution in [-0.4, -0.2) is 82.4 Å². The maximum Gasteiger partial charge on any atom is 0.338 e. The number of hydrogen-bond acceptors (Lipinski definition) is 7. The number of nitrogens with zero attached hydrogens (tertiary/aromatic N) is 2. The number of urea groups is 1. The number of rotatable bonds is 7. The normalized spacial score (nSPS) is 20.2. The third-order valence-electron chi connectivity index (χ3n) is 5.62. The molecule has 1 fully saturated rings. The van der Waals surface area contributed by atoms with Gasteiger partial charge in [0, 0.05) is 32.4 Å². The first-order valence-corrected chi connectivity index (χ1v) is 10.6. The lowest BCUT2D eigenvalue weighted by Gasteiger charge is -2.36. The summed E-state index contributed by atoms with van der Waals surface area (Å²) in [5.74, 6) is 0.665. The van der Waals surface area contributed by atoms with E-state index < -0.39 is 12.0 Å². The summed E-state index contributed by atoms with van der Waals surface area (Å²) >= 11 is 0. The largest absolute Gasteiger partial charge is 0.493 e. The van der Waals surface area contributed by atoms with E-state index in [9.17, 15) is 9.59 Å². The number of methoxy groups -OCH3 is 2. The molecule has 9 heteroatoms. The van der Waals surface area contributed by atoms with Gasteiger partial charge >= 0.3 is 12.0 Å². The van der Waals surface area contributed by atoms with Crippen molar-refractivity contribution in [3.63, 3.8) is 0 Å². The maximum atomic E-state index is 13.1. The van der Waals surface area contributed by atoms with Gasteiger partial charge in [-0.1, -0.05) is 6.07 Å². The Bertz CT molecular complexity index is 833. The first kappa shape index (κ1) is 22.9. The molecule has 31 heavy (non-hydrogen) atoms. The van der Waals surface area contributed by atoms with Crippen molar-refractivity contribution in [1.29, 1.82) is 0 Å². The highest BCUT2D eigenvalue weighted by molar-refractivity contribution is 5.95. The number of hydrogen-bond donors (Lipinski definition) is 2. The van der Waals surface area contributed by atoms with Gasteiger partial charge in [0.2, 0.25) is 0 Å². The topological polar surface area (TPSA) is 92.4 Å². The monoisotopic (exact) mass is 432 g/mol. The Balaban J connectivity index is 2.06. The van der Waals surface area contributed by atoms with Gasteiger partial charge in [-0.2, -0.15) is 0 Å². The van der Waals surface area contributed by atoms with Crippen molar-refractivity contribution < 1.29 is 23.8 Å². The van der Waals surface area contributed by atoms with Crippen LogP contribution in [-0.2, 0) is 9.53 Å². The zero-order chi connectivity index (χ0) is 22.4. The van der Waals surface area contributed by atoms with E-state index in [1.54, 1.807) is 40.3 Å². The minimum absolute atomic E-state index is 0.250.